The van der Waals surface area contributed by atoms with E-state index in [4.69, 9.17) is 5.73 Å². The number of hydrogen-bond donors (Lipinski definition) is 1. The van der Waals surface area contributed by atoms with Crippen LogP contribution in [0, 0.1) is 12.8 Å². The van der Waals surface area contributed by atoms with Crippen LogP contribution >= 0.6 is 15.9 Å². The van der Waals surface area contributed by atoms with E-state index in [1.54, 1.807) is 0 Å². The van der Waals surface area contributed by atoms with Crippen molar-refractivity contribution in [3.05, 3.63) is 15.9 Å². The van der Waals surface area contributed by atoms with E-state index in [9.17, 15) is 0 Å². The summed E-state index contributed by atoms with van der Waals surface area (Å²) in [6, 6.07) is 0.419. The Morgan fingerprint density at radius 2 is 2.25 bits per heavy atom. The molecule has 3 nitrogen and oxygen atoms in total. The van der Waals surface area contributed by atoms with Crippen LogP contribution in [-0.2, 0) is 13.0 Å². The lowest BCUT2D eigenvalue weighted by Crippen LogP contribution is -2.16. The summed E-state index contributed by atoms with van der Waals surface area (Å²) in [5.41, 5.74) is 8.40. The molecule has 0 aromatic carbocycles. The lowest BCUT2D eigenvalue weighted by molar-refractivity contribution is 0.499. The first-order chi connectivity index (χ1) is 7.61. The number of nitrogens with zero attached hydrogens (tertiary/aromatic N) is 2. The van der Waals surface area contributed by atoms with Crippen LogP contribution in [0.3, 0.4) is 0 Å². The summed E-state index contributed by atoms with van der Waals surface area (Å²) in [4.78, 5) is 0. The van der Waals surface area contributed by atoms with Gasteiger partial charge in [0.25, 0.3) is 0 Å². The third-order valence-electron chi connectivity index (χ3n) is 3.52. The number of aryl methyl sites for hydroxylation is 2. The van der Waals surface area contributed by atoms with Gasteiger partial charge in [0.2, 0.25) is 0 Å². The van der Waals surface area contributed by atoms with Crippen LogP contribution < -0.4 is 5.73 Å². The van der Waals surface area contributed by atoms with Crippen molar-refractivity contribution in [3.8, 4) is 0 Å². The number of hydrogen-bond acceptors (Lipinski definition) is 2. The Bertz CT molecular complexity index is 373. The van der Waals surface area contributed by atoms with Crippen LogP contribution in [0.25, 0.3) is 0 Å². The van der Waals surface area contributed by atoms with Gasteiger partial charge in [-0.05, 0) is 61.4 Å². The van der Waals surface area contributed by atoms with Crippen molar-refractivity contribution in [3.63, 3.8) is 0 Å². The number of aromatic nitrogens is 2. The SMILES string of the molecule is CCn1nc(C)c(Br)c1CC1CCC(N)C1. The molecular weight excluding hydrogens is 266 g/mol. The largest absolute Gasteiger partial charge is 0.328 e. The number of halogens is 1. The van der Waals surface area contributed by atoms with Gasteiger partial charge >= 0.3 is 0 Å². The Morgan fingerprint density at radius 3 is 2.81 bits per heavy atom. The first-order valence-corrected chi connectivity index (χ1v) is 6.88. The smallest absolute Gasteiger partial charge is 0.0738 e. The van der Waals surface area contributed by atoms with Gasteiger partial charge < -0.3 is 5.73 Å². The second-order valence-electron chi connectivity index (χ2n) is 4.81. The van der Waals surface area contributed by atoms with Crippen LogP contribution in [0.2, 0.25) is 0 Å². The minimum absolute atomic E-state index is 0.419. The topological polar surface area (TPSA) is 43.8 Å². The molecule has 2 atom stereocenters. The maximum atomic E-state index is 5.96. The molecule has 2 rings (SSSR count). The maximum Gasteiger partial charge on any atom is 0.0738 e. The van der Waals surface area contributed by atoms with E-state index in [0.29, 0.717) is 6.04 Å². The Kier molecular flexibility index (Phi) is 3.70. The van der Waals surface area contributed by atoms with E-state index in [-0.39, 0.29) is 0 Å². The molecule has 1 fully saturated rings. The van der Waals surface area contributed by atoms with Gasteiger partial charge in [0.15, 0.2) is 0 Å². The molecule has 90 valence electrons. The molecule has 1 aliphatic rings. The first-order valence-electron chi connectivity index (χ1n) is 6.09. The average molecular weight is 286 g/mol. The third-order valence-corrected chi connectivity index (χ3v) is 4.55. The summed E-state index contributed by atoms with van der Waals surface area (Å²) in [7, 11) is 0. The quantitative estimate of drug-likeness (QED) is 0.928. The summed E-state index contributed by atoms with van der Waals surface area (Å²) in [5.74, 6) is 0.743. The van der Waals surface area contributed by atoms with Crippen molar-refractivity contribution in [2.24, 2.45) is 11.7 Å². The van der Waals surface area contributed by atoms with Crippen LogP contribution in [0.4, 0.5) is 0 Å². The summed E-state index contributed by atoms with van der Waals surface area (Å²) < 4.78 is 3.30. The molecule has 0 amide bonds. The molecule has 1 aliphatic carbocycles. The Morgan fingerprint density at radius 1 is 1.50 bits per heavy atom. The predicted molar refractivity (Wildman–Crippen MR) is 69.4 cm³/mol. The van der Waals surface area contributed by atoms with Gasteiger partial charge in [0, 0.05) is 12.6 Å². The van der Waals surface area contributed by atoms with Gasteiger partial charge in [-0.2, -0.15) is 5.10 Å². The van der Waals surface area contributed by atoms with E-state index >= 15 is 0 Å². The average Bonchev–Trinajstić information content (AvgIpc) is 2.77. The fourth-order valence-electron chi connectivity index (χ4n) is 2.64. The molecule has 4 heteroatoms. The normalized spacial score (nSPS) is 25.2. The number of nitrogens with two attached hydrogens (primary N) is 1. The number of rotatable bonds is 3. The summed E-state index contributed by atoms with van der Waals surface area (Å²) in [6.45, 7) is 5.14. The van der Waals surface area contributed by atoms with Crippen LogP contribution in [0.15, 0.2) is 4.47 Å². The second kappa shape index (κ2) is 4.88. The third kappa shape index (κ3) is 2.33. The Balaban J connectivity index is 2.14. The monoisotopic (exact) mass is 285 g/mol. The van der Waals surface area contributed by atoms with Crippen molar-refractivity contribution in [2.45, 2.75) is 52.1 Å². The molecule has 0 spiro atoms. The molecular formula is C12H20BrN3. The summed E-state index contributed by atoms with van der Waals surface area (Å²) in [6.07, 6.45) is 4.73. The lowest BCUT2D eigenvalue weighted by Gasteiger charge is -2.11. The molecule has 0 saturated heterocycles. The molecule has 0 bridgehead atoms. The molecule has 0 aliphatic heterocycles. The van der Waals surface area contributed by atoms with Gasteiger partial charge in [-0.25, -0.2) is 0 Å². The molecule has 1 aromatic heterocycles. The van der Waals surface area contributed by atoms with Gasteiger partial charge in [-0.1, -0.05) is 0 Å². The molecule has 1 heterocycles. The van der Waals surface area contributed by atoms with Crippen LogP contribution in [-0.4, -0.2) is 15.8 Å². The van der Waals surface area contributed by atoms with Crippen molar-refractivity contribution in [1.29, 1.82) is 0 Å². The molecule has 1 saturated carbocycles. The van der Waals surface area contributed by atoms with Gasteiger partial charge in [-0.3, -0.25) is 4.68 Å². The minimum atomic E-state index is 0.419. The van der Waals surface area contributed by atoms with E-state index in [0.717, 1.165) is 24.6 Å². The van der Waals surface area contributed by atoms with E-state index in [1.807, 2.05) is 0 Å². The molecule has 2 unspecified atom stereocenters. The zero-order chi connectivity index (χ0) is 11.7. The Hall–Kier alpha value is -0.350. The van der Waals surface area contributed by atoms with Crippen LogP contribution in [0.1, 0.15) is 37.6 Å². The van der Waals surface area contributed by atoms with E-state index in [1.165, 1.54) is 29.4 Å². The van der Waals surface area contributed by atoms with E-state index in [2.05, 4.69) is 39.6 Å². The fourth-order valence-corrected chi connectivity index (χ4v) is 3.08. The first kappa shape index (κ1) is 12.1. The van der Waals surface area contributed by atoms with Crippen molar-refractivity contribution in [2.75, 3.05) is 0 Å². The van der Waals surface area contributed by atoms with Gasteiger partial charge in [-0.15, -0.1) is 0 Å². The van der Waals surface area contributed by atoms with Crippen molar-refractivity contribution < 1.29 is 0 Å². The van der Waals surface area contributed by atoms with E-state index < -0.39 is 0 Å². The summed E-state index contributed by atoms with van der Waals surface area (Å²) >= 11 is 3.65. The lowest BCUT2D eigenvalue weighted by atomic mass is 10.0. The van der Waals surface area contributed by atoms with Crippen molar-refractivity contribution in [1.82, 2.24) is 9.78 Å². The molecule has 0 radical (unpaired) electrons. The predicted octanol–water partition coefficient (Wildman–Crippen LogP) is 2.64. The van der Waals surface area contributed by atoms with Gasteiger partial charge in [0.1, 0.15) is 0 Å². The fraction of sp³-hybridized carbons (Fsp3) is 0.750. The van der Waals surface area contributed by atoms with Crippen molar-refractivity contribution >= 4 is 15.9 Å². The highest BCUT2D eigenvalue weighted by atomic mass is 79.9. The van der Waals surface area contributed by atoms with Crippen LogP contribution in [0.5, 0.6) is 0 Å². The van der Waals surface area contributed by atoms with Gasteiger partial charge in [0.05, 0.1) is 15.9 Å². The molecule has 1 aromatic rings. The molecule has 2 N–H and O–H groups in total. The second-order valence-corrected chi connectivity index (χ2v) is 5.60. The Labute approximate surface area is 106 Å². The summed E-state index contributed by atoms with van der Waals surface area (Å²) in [5, 5.41) is 4.53. The zero-order valence-electron chi connectivity index (χ0n) is 10.0. The highest BCUT2D eigenvalue weighted by molar-refractivity contribution is 9.10. The standard InChI is InChI=1S/C12H20BrN3/c1-3-16-11(12(13)8(2)15-16)7-9-4-5-10(14)6-9/h9-10H,3-7,14H2,1-2H3. The minimum Gasteiger partial charge on any atom is -0.328 e. The zero-order valence-corrected chi connectivity index (χ0v) is 11.6. The highest BCUT2D eigenvalue weighted by Gasteiger charge is 2.24. The highest BCUT2D eigenvalue weighted by Crippen LogP contribution is 2.31. The maximum absolute atomic E-state index is 5.96. The molecule has 16 heavy (non-hydrogen) atoms.